The largest absolute Gasteiger partial charge is 0.302 e. The summed E-state index contributed by atoms with van der Waals surface area (Å²) in [4.78, 5) is 118. The second kappa shape index (κ2) is 48.4. The predicted molar refractivity (Wildman–Crippen MR) is 192 cm³/mol. The van der Waals surface area contributed by atoms with Gasteiger partial charge in [0.05, 0.1) is 0 Å². The number of carbonyl (C=O) groups is 12. The third-order valence-electron chi connectivity index (χ3n) is 5.25. The Morgan fingerprint density at radius 2 is 0.347 bits per heavy atom. The summed E-state index contributed by atoms with van der Waals surface area (Å²) in [7, 11) is 0. The van der Waals surface area contributed by atoms with E-state index in [1.54, 1.807) is 0 Å². The average molecular weight is 703 g/mol. The van der Waals surface area contributed by atoms with E-state index < -0.39 is 21.7 Å². The molecule has 0 saturated heterocycles. The lowest BCUT2D eigenvalue weighted by atomic mass is 9.98. The van der Waals surface area contributed by atoms with E-state index in [0.29, 0.717) is 75.4 Å². The van der Waals surface area contributed by atoms with Crippen molar-refractivity contribution < 1.29 is 57.5 Å². The summed E-state index contributed by atoms with van der Waals surface area (Å²) in [6, 6.07) is 0. The molecule has 12 nitrogen and oxygen atoms in total. The molecule has 0 spiro atoms. The molecule has 0 aliphatic carbocycles. The topological polar surface area (TPSA) is 205 Å². The Bertz CT molecular complexity index is 626. The van der Waals surface area contributed by atoms with Gasteiger partial charge in [-0.15, -0.1) is 0 Å². The molecule has 0 N–H and O–H groups in total. The first kappa shape index (κ1) is 63.7. The SMILES string of the molecule is CC(C=O)(C=O)C=O.CC(C=O)(C=O)C=O.CC(C=O)(C=O)C=O.CC(C=O)(C=O)C=O.CCCC.CCCC.CCCC.CCCCC. The molecule has 286 valence electrons. The van der Waals surface area contributed by atoms with Gasteiger partial charge in [-0.1, -0.05) is 113 Å². The van der Waals surface area contributed by atoms with Crippen LogP contribution in [0.25, 0.3) is 0 Å². The molecular formula is C37H66O12. The van der Waals surface area contributed by atoms with Crippen molar-refractivity contribution in [3.05, 3.63) is 0 Å². The van der Waals surface area contributed by atoms with E-state index in [-0.39, 0.29) is 0 Å². The van der Waals surface area contributed by atoms with Gasteiger partial charge < -0.3 is 57.5 Å². The minimum atomic E-state index is -1.42. The number of hydrogen-bond donors (Lipinski definition) is 0. The third-order valence-corrected chi connectivity index (χ3v) is 5.25. The van der Waals surface area contributed by atoms with Crippen molar-refractivity contribution >= 4 is 75.4 Å². The Morgan fingerprint density at radius 3 is 0.347 bits per heavy atom. The maximum Gasteiger partial charge on any atom is 0.140 e. The van der Waals surface area contributed by atoms with Crippen molar-refractivity contribution in [1.29, 1.82) is 0 Å². The molecule has 0 saturated carbocycles. The number of hydrogen-bond acceptors (Lipinski definition) is 12. The van der Waals surface area contributed by atoms with E-state index in [0.717, 1.165) is 0 Å². The van der Waals surface area contributed by atoms with Crippen molar-refractivity contribution in [1.82, 2.24) is 0 Å². The fourth-order valence-corrected chi connectivity index (χ4v) is 0.687. The summed E-state index contributed by atoms with van der Waals surface area (Å²) >= 11 is 0. The maximum atomic E-state index is 9.83. The highest BCUT2D eigenvalue weighted by Gasteiger charge is 2.22. The van der Waals surface area contributed by atoms with Crippen LogP contribution in [0.4, 0.5) is 0 Å². The van der Waals surface area contributed by atoms with Gasteiger partial charge in [-0.3, -0.25) is 0 Å². The van der Waals surface area contributed by atoms with E-state index in [9.17, 15) is 57.5 Å². The quantitative estimate of drug-likeness (QED) is 0.127. The summed E-state index contributed by atoms with van der Waals surface area (Å²) in [6.45, 7) is 22.5. The highest BCUT2D eigenvalue weighted by atomic mass is 16.2. The molecule has 0 fully saturated rings. The minimum Gasteiger partial charge on any atom is -0.302 e. The summed E-state index contributed by atoms with van der Waals surface area (Å²) in [5.41, 5.74) is -5.67. The molecule has 49 heavy (non-hydrogen) atoms. The fraction of sp³-hybridized carbons (Fsp3) is 0.676. The van der Waals surface area contributed by atoms with Gasteiger partial charge >= 0.3 is 0 Å². The van der Waals surface area contributed by atoms with Gasteiger partial charge in [0.15, 0.2) is 0 Å². The summed E-state index contributed by atoms with van der Waals surface area (Å²) < 4.78 is 0. The molecule has 0 aromatic carbocycles. The van der Waals surface area contributed by atoms with E-state index in [4.69, 9.17) is 0 Å². The van der Waals surface area contributed by atoms with Crippen LogP contribution in [0.3, 0.4) is 0 Å². The molecule has 0 atom stereocenters. The van der Waals surface area contributed by atoms with Crippen LogP contribution in [-0.4, -0.2) is 75.4 Å². The van der Waals surface area contributed by atoms with Crippen molar-refractivity contribution in [2.24, 2.45) is 21.7 Å². The van der Waals surface area contributed by atoms with Crippen LogP contribution >= 0.6 is 0 Å². The molecule has 0 radical (unpaired) electrons. The van der Waals surface area contributed by atoms with Gasteiger partial charge in [0.1, 0.15) is 97.1 Å². The number of unbranched alkanes of at least 4 members (excludes halogenated alkanes) is 5. The van der Waals surface area contributed by atoms with Gasteiger partial charge in [-0.05, 0) is 27.7 Å². The lowest BCUT2D eigenvalue weighted by Gasteiger charge is -2.00. The fourth-order valence-electron chi connectivity index (χ4n) is 0.687. The predicted octanol–water partition coefficient (Wildman–Crippen LogP) is 5.97. The average Bonchev–Trinajstić information content (AvgIpc) is 3.18. The second-order valence-electron chi connectivity index (χ2n) is 11.2. The summed E-state index contributed by atoms with van der Waals surface area (Å²) in [6.07, 6.45) is 15.7. The van der Waals surface area contributed by atoms with E-state index in [1.165, 1.54) is 85.5 Å². The van der Waals surface area contributed by atoms with Crippen LogP contribution in [0, 0.1) is 21.7 Å². The first-order valence-electron chi connectivity index (χ1n) is 16.4. The molecule has 0 bridgehead atoms. The Hall–Kier alpha value is -3.96. The molecule has 0 heterocycles. The van der Waals surface area contributed by atoms with Crippen LogP contribution in [0.1, 0.15) is 141 Å². The molecule has 0 aromatic rings. The standard InChI is InChI=1S/4C5H6O3.C5H12.3C4H10/c4*1-5(2-6,3-7)4-8;1-3-5-4-2;3*1-3-4-2/h4*2-4H,1H3;3-5H2,1-2H3;3*3-4H2,1-2H3. The van der Waals surface area contributed by atoms with Gasteiger partial charge in [0, 0.05) is 0 Å². The minimum absolute atomic E-state index is 0.312. The van der Waals surface area contributed by atoms with E-state index >= 15 is 0 Å². The van der Waals surface area contributed by atoms with Crippen molar-refractivity contribution in [2.45, 2.75) is 141 Å². The third kappa shape index (κ3) is 56.7. The molecule has 0 aliphatic rings. The van der Waals surface area contributed by atoms with Crippen LogP contribution in [-0.2, 0) is 57.5 Å². The van der Waals surface area contributed by atoms with Crippen molar-refractivity contribution in [2.75, 3.05) is 0 Å². The molecule has 0 unspecified atom stereocenters. The molecule has 0 aromatic heterocycles. The highest BCUT2D eigenvalue weighted by Crippen LogP contribution is 2.02. The summed E-state index contributed by atoms with van der Waals surface area (Å²) in [5.74, 6) is 0. The Kier molecular flexibility index (Phi) is 62.9. The van der Waals surface area contributed by atoms with Gasteiger partial charge in [0.2, 0.25) is 0 Å². The monoisotopic (exact) mass is 702 g/mol. The Morgan fingerprint density at radius 1 is 0.245 bits per heavy atom. The zero-order chi connectivity index (χ0) is 40.8. The Balaban J connectivity index is -0.0000000665. The molecule has 0 amide bonds. The second-order valence-corrected chi connectivity index (χ2v) is 11.2. The number of carbonyl (C=O) groups excluding carboxylic acids is 12. The molecular weight excluding hydrogens is 636 g/mol. The lowest BCUT2D eigenvalue weighted by molar-refractivity contribution is -0.133. The van der Waals surface area contributed by atoms with Crippen molar-refractivity contribution in [3.63, 3.8) is 0 Å². The highest BCUT2D eigenvalue weighted by molar-refractivity contribution is 6.02. The number of aldehydes is 12. The van der Waals surface area contributed by atoms with Crippen LogP contribution < -0.4 is 0 Å². The maximum absolute atomic E-state index is 9.83. The van der Waals surface area contributed by atoms with Crippen LogP contribution in [0.5, 0.6) is 0 Å². The molecule has 0 aliphatic heterocycles. The van der Waals surface area contributed by atoms with Crippen molar-refractivity contribution in [3.8, 4) is 0 Å². The normalized spacial score (nSPS) is 9.31. The molecule has 0 rings (SSSR count). The Labute approximate surface area is 295 Å². The first-order valence-corrected chi connectivity index (χ1v) is 16.4. The zero-order valence-corrected chi connectivity index (χ0v) is 32.2. The lowest BCUT2D eigenvalue weighted by Crippen LogP contribution is -2.21. The zero-order valence-electron chi connectivity index (χ0n) is 32.2. The van der Waals surface area contributed by atoms with Crippen LogP contribution in [0.15, 0.2) is 0 Å². The van der Waals surface area contributed by atoms with E-state index in [2.05, 4.69) is 55.4 Å². The van der Waals surface area contributed by atoms with Gasteiger partial charge in [-0.25, -0.2) is 0 Å². The first-order chi connectivity index (χ1) is 22.9. The smallest absolute Gasteiger partial charge is 0.140 e. The van der Waals surface area contributed by atoms with E-state index in [1.807, 2.05) is 0 Å². The van der Waals surface area contributed by atoms with Gasteiger partial charge in [-0.2, -0.15) is 0 Å². The van der Waals surface area contributed by atoms with Crippen LogP contribution in [0.2, 0.25) is 0 Å². The molecule has 12 heteroatoms. The number of rotatable bonds is 17. The van der Waals surface area contributed by atoms with Gasteiger partial charge in [0.25, 0.3) is 0 Å². The summed E-state index contributed by atoms with van der Waals surface area (Å²) in [5, 5.41) is 0.